The van der Waals surface area contributed by atoms with Crippen LogP contribution in [0.25, 0.3) is 0 Å². The van der Waals surface area contributed by atoms with Gasteiger partial charge in [-0.05, 0) is 18.9 Å². The summed E-state index contributed by atoms with van der Waals surface area (Å²) in [6.07, 6.45) is 1.57. The quantitative estimate of drug-likeness (QED) is 0.633. The summed E-state index contributed by atoms with van der Waals surface area (Å²) in [5, 5.41) is 0. The summed E-state index contributed by atoms with van der Waals surface area (Å²) in [5.41, 5.74) is 0.292. The Bertz CT molecular complexity index is 244. The van der Waals surface area contributed by atoms with Crippen LogP contribution in [0, 0.1) is 5.41 Å². The standard InChI is InChI=1S/C12H20O2/c1-9(2)10(13)7-6-8-11(14)12(3,4)5/h1,6-8H2,2-5H3. The molecule has 80 valence electrons. The fourth-order valence-electron chi connectivity index (χ4n) is 0.998. The molecule has 0 rings (SSSR count). The van der Waals surface area contributed by atoms with Crippen molar-refractivity contribution in [3.8, 4) is 0 Å². The lowest BCUT2D eigenvalue weighted by Gasteiger charge is -2.15. The number of hydrogen-bond donors (Lipinski definition) is 0. The fourth-order valence-corrected chi connectivity index (χ4v) is 0.998. The summed E-state index contributed by atoms with van der Waals surface area (Å²) in [7, 11) is 0. The summed E-state index contributed by atoms with van der Waals surface area (Å²) < 4.78 is 0. The predicted molar refractivity (Wildman–Crippen MR) is 58.1 cm³/mol. The van der Waals surface area contributed by atoms with E-state index in [0.717, 1.165) is 0 Å². The van der Waals surface area contributed by atoms with E-state index in [-0.39, 0.29) is 17.0 Å². The van der Waals surface area contributed by atoms with Crippen LogP contribution in [0.4, 0.5) is 0 Å². The van der Waals surface area contributed by atoms with Crippen molar-refractivity contribution in [1.82, 2.24) is 0 Å². The number of carbonyl (C=O) groups excluding carboxylic acids is 2. The van der Waals surface area contributed by atoms with Crippen LogP contribution in [0.15, 0.2) is 12.2 Å². The Morgan fingerprint density at radius 3 is 2.00 bits per heavy atom. The molecule has 0 fully saturated rings. The van der Waals surface area contributed by atoms with E-state index in [1.807, 2.05) is 20.8 Å². The van der Waals surface area contributed by atoms with Crippen molar-refractivity contribution >= 4 is 11.6 Å². The number of Topliss-reactive ketones (excluding diaryl/α,β-unsaturated/α-hetero) is 2. The first-order valence-corrected chi connectivity index (χ1v) is 4.97. The van der Waals surface area contributed by atoms with Crippen molar-refractivity contribution in [2.24, 2.45) is 5.41 Å². The van der Waals surface area contributed by atoms with Crippen molar-refractivity contribution < 1.29 is 9.59 Å². The second-order valence-corrected chi connectivity index (χ2v) is 4.73. The lowest BCUT2D eigenvalue weighted by Crippen LogP contribution is -2.19. The number of ketones is 2. The molecule has 0 atom stereocenters. The third kappa shape index (κ3) is 4.95. The van der Waals surface area contributed by atoms with Gasteiger partial charge in [-0.15, -0.1) is 0 Å². The van der Waals surface area contributed by atoms with Crippen molar-refractivity contribution in [2.75, 3.05) is 0 Å². The van der Waals surface area contributed by atoms with Crippen LogP contribution in [0.5, 0.6) is 0 Å². The molecule has 0 bridgehead atoms. The van der Waals surface area contributed by atoms with Crippen LogP contribution in [-0.4, -0.2) is 11.6 Å². The van der Waals surface area contributed by atoms with Crippen LogP contribution in [-0.2, 0) is 9.59 Å². The number of hydrogen-bond acceptors (Lipinski definition) is 2. The molecule has 0 saturated carbocycles. The van der Waals surface area contributed by atoms with Gasteiger partial charge in [0.05, 0.1) is 0 Å². The predicted octanol–water partition coefficient (Wildman–Crippen LogP) is 2.92. The Morgan fingerprint density at radius 1 is 1.14 bits per heavy atom. The average molecular weight is 196 g/mol. The van der Waals surface area contributed by atoms with E-state index in [1.54, 1.807) is 6.92 Å². The Balaban J connectivity index is 3.82. The van der Waals surface area contributed by atoms with Crippen LogP contribution < -0.4 is 0 Å². The van der Waals surface area contributed by atoms with E-state index in [0.29, 0.717) is 24.8 Å². The van der Waals surface area contributed by atoms with Crippen molar-refractivity contribution in [2.45, 2.75) is 47.0 Å². The maximum absolute atomic E-state index is 11.5. The maximum atomic E-state index is 11.5. The zero-order valence-corrected chi connectivity index (χ0v) is 9.64. The van der Waals surface area contributed by atoms with Gasteiger partial charge in [-0.2, -0.15) is 0 Å². The Labute approximate surface area is 86.4 Å². The van der Waals surface area contributed by atoms with Gasteiger partial charge >= 0.3 is 0 Å². The summed E-state index contributed by atoms with van der Waals surface area (Å²) in [6, 6.07) is 0. The Hall–Kier alpha value is -0.920. The molecule has 0 radical (unpaired) electrons. The lowest BCUT2D eigenvalue weighted by molar-refractivity contribution is -0.126. The molecule has 0 saturated heterocycles. The van der Waals surface area contributed by atoms with E-state index in [1.165, 1.54) is 0 Å². The molecule has 14 heavy (non-hydrogen) atoms. The second-order valence-electron chi connectivity index (χ2n) is 4.73. The maximum Gasteiger partial charge on any atom is 0.158 e. The van der Waals surface area contributed by atoms with Gasteiger partial charge in [0.15, 0.2) is 5.78 Å². The molecule has 0 aliphatic heterocycles. The SMILES string of the molecule is C=C(C)C(=O)CCCC(=O)C(C)(C)C. The highest BCUT2D eigenvalue weighted by atomic mass is 16.1. The third-order valence-electron chi connectivity index (χ3n) is 2.12. The van der Waals surface area contributed by atoms with Gasteiger partial charge in [0.2, 0.25) is 0 Å². The first-order chi connectivity index (χ1) is 6.25. The molecule has 0 amide bonds. The first kappa shape index (κ1) is 13.1. The van der Waals surface area contributed by atoms with Crippen molar-refractivity contribution in [3.05, 3.63) is 12.2 Å². The molecule has 0 spiro atoms. The van der Waals surface area contributed by atoms with Gasteiger partial charge in [0.1, 0.15) is 5.78 Å². The Kier molecular flexibility index (Phi) is 4.75. The molecule has 2 nitrogen and oxygen atoms in total. The van der Waals surface area contributed by atoms with Gasteiger partial charge in [-0.3, -0.25) is 9.59 Å². The van der Waals surface area contributed by atoms with Crippen LogP contribution in [0.3, 0.4) is 0 Å². The molecule has 0 unspecified atom stereocenters. The van der Waals surface area contributed by atoms with Crippen molar-refractivity contribution in [1.29, 1.82) is 0 Å². The van der Waals surface area contributed by atoms with Crippen LogP contribution in [0.1, 0.15) is 47.0 Å². The summed E-state index contributed by atoms with van der Waals surface area (Å²) in [5.74, 6) is 0.277. The smallest absolute Gasteiger partial charge is 0.158 e. The monoisotopic (exact) mass is 196 g/mol. The largest absolute Gasteiger partial charge is 0.299 e. The Morgan fingerprint density at radius 2 is 1.64 bits per heavy atom. The van der Waals surface area contributed by atoms with Gasteiger partial charge in [-0.1, -0.05) is 27.4 Å². The zero-order chi connectivity index (χ0) is 11.4. The van der Waals surface area contributed by atoms with E-state index < -0.39 is 0 Å². The van der Waals surface area contributed by atoms with E-state index in [9.17, 15) is 9.59 Å². The van der Waals surface area contributed by atoms with E-state index in [4.69, 9.17) is 0 Å². The van der Waals surface area contributed by atoms with E-state index in [2.05, 4.69) is 6.58 Å². The highest BCUT2D eigenvalue weighted by Crippen LogP contribution is 2.18. The van der Waals surface area contributed by atoms with Gasteiger partial charge in [0.25, 0.3) is 0 Å². The van der Waals surface area contributed by atoms with E-state index >= 15 is 0 Å². The molecule has 0 heterocycles. The van der Waals surface area contributed by atoms with Crippen LogP contribution in [0.2, 0.25) is 0 Å². The third-order valence-corrected chi connectivity index (χ3v) is 2.12. The lowest BCUT2D eigenvalue weighted by atomic mass is 9.87. The van der Waals surface area contributed by atoms with Crippen molar-refractivity contribution in [3.63, 3.8) is 0 Å². The van der Waals surface area contributed by atoms with Gasteiger partial charge < -0.3 is 0 Å². The van der Waals surface area contributed by atoms with Gasteiger partial charge in [-0.25, -0.2) is 0 Å². The second kappa shape index (κ2) is 5.08. The first-order valence-electron chi connectivity index (χ1n) is 4.97. The number of allylic oxidation sites excluding steroid dienone is 1. The molecule has 0 aromatic rings. The summed E-state index contributed by atoms with van der Waals surface area (Å²) >= 11 is 0. The molecule has 0 aliphatic rings. The molecule has 0 N–H and O–H groups in total. The molecule has 0 aliphatic carbocycles. The summed E-state index contributed by atoms with van der Waals surface area (Å²) in [4.78, 5) is 22.6. The fraction of sp³-hybridized carbons (Fsp3) is 0.667. The molecule has 0 aromatic carbocycles. The summed E-state index contributed by atoms with van der Waals surface area (Å²) in [6.45, 7) is 11.0. The number of carbonyl (C=O) groups is 2. The topological polar surface area (TPSA) is 34.1 Å². The molecular weight excluding hydrogens is 176 g/mol. The zero-order valence-electron chi connectivity index (χ0n) is 9.64. The molecule has 2 heteroatoms. The van der Waals surface area contributed by atoms with Crippen LogP contribution >= 0.6 is 0 Å². The minimum atomic E-state index is -0.285. The molecular formula is C12H20O2. The van der Waals surface area contributed by atoms with Gasteiger partial charge in [0, 0.05) is 18.3 Å². The average Bonchev–Trinajstić information content (AvgIpc) is 2.01. The number of rotatable bonds is 5. The normalized spacial score (nSPS) is 11.1. The molecule has 0 aromatic heterocycles. The minimum absolute atomic E-state index is 0.0618. The highest BCUT2D eigenvalue weighted by Gasteiger charge is 2.20. The minimum Gasteiger partial charge on any atom is -0.299 e. The highest BCUT2D eigenvalue weighted by molar-refractivity contribution is 5.94.